The Labute approximate surface area is 94.6 Å². The molecule has 0 aliphatic rings. The predicted octanol–water partition coefficient (Wildman–Crippen LogP) is -0.366. The number of aryl methyl sites for hydroxylation is 1. The summed E-state index contributed by atoms with van der Waals surface area (Å²) in [5.74, 6) is 0. The fraction of sp³-hybridized carbons (Fsp3) is 0.222. The van der Waals surface area contributed by atoms with Gasteiger partial charge in [-0.1, -0.05) is 0 Å². The van der Waals surface area contributed by atoms with Gasteiger partial charge in [0.15, 0.2) is 5.13 Å². The van der Waals surface area contributed by atoms with Gasteiger partial charge in [-0.25, -0.2) is 4.98 Å². The summed E-state index contributed by atoms with van der Waals surface area (Å²) in [7, 11) is 1.54. The van der Waals surface area contributed by atoms with Gasteiger partial charge in [0, 0.05) is 30.5 Å². The zero-order chi connectivity index (χ0) is 11.7. The summed E-state index contributed by atoms with van der Waals surface area (Å²) in [6.07, 6.45) is 4.72. The number of aromatic nitrogens is 3. The van der Waals surface area contributed by atoms with Crippen LogP contribution >= 0.6 is 11.3 Å². The highest BCUT2D eigenvalue weighted by atomic mass is 32.1. The van der Waals surface area contributed by atoms with Gasteiger partial charge in [0.05, 0.1) is 6.54 Å². The first-order valence-electron chi connectivity index (χ1n) is 4.54. The zero-order valence-electron chi connectivity index (χ0n) is 8.58. The van der Waals surface area contributed by atoms with Crippen LogP contribution in [0, 0.1) is 0 Å². The molecule has 2 aromatic rings. The van der Waals surface area contributed by atoms with E-state index in [0.717, 1.165) is 4.88 Å². The van der Waals surface area contributed by atoms with Crippen LogP contribution in [0.4, 0.5) is 5.13 Å². The molecule has 0 bridgehead atoms. The standard InChI is InChI=1S/C9H10N4O2S/c1-12-2-3-13(8(15)7(12)14)5-6-4-11-9(10)16-6/h2-4H,5H2,1H3,(H2,10,11). The van der Waals surface area contributed by atoms with E-state index in [-0.39, 0.29) is 0 Å². The van der Waals surface area contributed by atoms with Crippen LogP contribution in [0.15, 0.2) is 28.2 Å². The Morgan fingerprint density at radius 2 is 2.12 bits per heavy atom. The van der Waals surface area contributed by atoms with E-state index in [1.807, 2.05) is 0 Å². The lowest BCUT2D eigenvalue weighted by Gasteiger charge is -2.03. The van der Waals surface area contributed by atoms with Crippen molar-refractivity contribution in [2.45, 2.75) is 6.54 Å². The molecular weight excluding hydrogens is 228 g/mol. The minimum atomic E-state index is -0.544. The Morgan fingerprint density at radius 1 is 1.38 bits per heavy atom. The van der Waals surface area contributed by atoms with Crippen molar-refractivity contribution in [1.29, 1.82) is 0 Å². The maximum absolute atomic E-state index is 11.6. The Hall–Kier alpha value is -1.89. The van der Waals surface area contributed by atoms with E-state index in [1.54, 1.807) is 25.6 Å². The van der Waals surface area contributed by atoms with E-state index < -0.39 is 11.1 Å². The fourth-order valence-electron chi connectivity index (χ4n) is 1.28. The third-order valence-electron chi connectivity index (χ3n) is 2.13. The molecule has 16 heavy (non-hydrogen) atoms. The minimum absolute atomic E-state index is 0.323. The van der Waals surface area contributed by atoms with Crippen molar-refractivity contribution in [3.63, 3.8) is 0 Å². The first-order chi connectivity index (χ1) is 7.58. The molecule has 2 rings (SSSR count). The van der Waals surface area contributed by atoms with Gasteiger partial charge in [-0.2, -0.15) is 0 Å². The molecule has 0 spiro atoms. The maximum Gasteiger partial charge on any atom is 0.316 e. The van der Waals surface area contributed by atoms with Gasteiger partial charge < -0.3 is 14.9 Å². The topological polar surface area (TPSA) is 82.9 Å². The number of hydrogen-bond donors (Lipinski definition) is 1. The average Bonchev–Trinajstić information content (AvgIpc) is 2.65. The number of thiazole rings is 1. The average molecular weight is 238 g/mol. The summed E-state index contributed by atoms with van der Waals surface area (Å²) < 4.78 is 2.59. The SMILES string of the molecule is Cn1ccn(Cc2cnc(N)s2)c(=O)c1=O. The minimum Gasteiger partial charge on any atom is -0.375 e. The third-order valence-corrected chi connectivity index (χ3v) is 2.94. The van der Waals surface area contributed by atoms with Crippen molar-refractivity contribution in [3.8, 4) is 0 Å². The molecule has 2 N–H and O–H groups in total. The van der Waals surface area contributed by atoms with E-state index in [4.69, 9.17) is 5.73 Å². The van der Waals surface area contributed by atoms with Crippen LogP contribution in [0.2, 0.25) is 0 Å². The van der Waals surface area contributed by atoms with Crippen LogP contribution in [-0.2, 0) is 13.6 Å². The van der Waals surface area contributed by atoms with Gasteiger partial charge in [0.1, 0.15) is 0 Å². The van der Waals surface area contributed by atoms with E-state index in [0.29, 0.717) is 11.7 Å². The highest BCUT2D eigenvalue weighted by molar-refractivity contribution is 7.15. The van der Waals surface area contributed by atoms with E-state index in [1.165, 1.54) is 20.5 Å². The van der Waals surface area contributed by atoms with Crippen LogP contribution in [-0.4, -0.2) is 14.1 Å². The normalized spacial score (nSPS) is 10.6. The Kier molecular flexibility index (Phi) is 2.61. The first-order valence-corrected chi connectivity index (χ1v) is 5.36. The molecule has 6 nitrogen and oxygen atoms in total. The number of hydrogen-bond acceptors (Lipinski definition) is 5. The van der Waals surface area contributed by atoms with E-state index >= 15 is 0 Å². The summed E-state index contributed by atoms with van der Waals surface area (Å²) in [6, 6.07) is 0. The number of nitrogens with two attached hydrogens (primary N) is 1. The molecule has 2 aromatic heterocycles. The molecule has 0 aliphatic carbocycles. The van der Waals surface area contributed by atoms with Crippen molar-refractivity contribution in [2.75, 3.05) is 5.73 Å². The van der Waals surface area contributed by atoms with Crippen molar-refractivity contribution in [3.05, 3.63) is 44.2 Å². The van der Waals surface area contributed by atoms with Crippen LogP contribution in [0.1, 0.15) is 4.88 Å². The molecule has 0 saturated carbocycles. The summed E-state index contributed by atoms with van der Waals surface area (Å²) in [5, 5.41) is 0.451. The van der Waals surface area contributed by atoms with Crippen molar-refractivity contribution >= 4 is 16.5 Å². The largest absolute Gasteiger partial charge is 0.375 e. The maximum atomic E-state index is 11.6. The molecule has 0 aliphatic heterocycles. The zero-order valence-corrected chi connectivity index (χ0v) is 9.40. The second kappa shape index (κ2) is 3.93. The first kappa shape index (κ1) is 10.6. The summed E-state index contributed by atoms with van der Waals surface area (Å²) >= 11 is 1.30. The van der Waals surface area contributed by atoms with Crippen molar-refractivity contribution in [1.82, 2.24) is 14.1 Å². The van der Waals surface area contributed by atoms with Crippen LogP contribution < -0.4 is 16.9 Å². The second-order valence-electron chi connectivity index (χ2n) is 3.31. The molecular formula is C9H10N4O2S. The molecule has 84 valence electrons. The number of anilines is 1. The highest BCUT2D eigenvalue weighted by Gasteiger charge is 2.05. The molecule has 0 unspecified atom stereocenters. The van der Waals surface area contributed by atoms with Crippen LogP contribution in [0.5, 0.6) is 0 Å². The lowest BCUT2D eigenvalue weighted by Crippen LogP contribution is -2.39. The van der Waals surface area contributed by atoms with Gasteiger partial charge in [0.2, 0.25) is 0 Å². The third kappa shape index (κ3) is 1.89. The fourth-order valence-corrected chi connectivity index (χ4v) is 1.96. The molecule has 7 heteroatoms. The number of nitrogen functional groups attached to an aromatic ring is 1. The van der Waals surface area contributed by atoms with Crippen molar-refractivity contribution < 1.29 is 0 Å². The molecule has 0 aromatic carbocycles. The summed E-state index contributed by atoms with van der Waals surface area (Å²) in [5.41, 5.74) is 4.39. The van der Waals surface area contributed by atoms with Gasteiger partial charge in [-0.15, -0.1) is 11.3 Å². The lowest BCUT2D eigenvalue weighted by atomic mass is 10.5. The number of nitrogens with zero attached hydrogens (tertiary/aromatic N) is 3. The summed E-state index contributed by atoms with van der Waals surface area (Å²) in [6.45, 7) is 0.323. The number of rotatable bonds is 2. The molecule has 0 saturated heterocycles. The van der Waals surface area contributed by atoms with E-state index in [9.17, 15) is 9.59 Å². The van der Waals surface area contributed by atoms with E-state index in [2.05, 4.69) is 4.98 Å². The van der Waals surface area contributed by atoms with Gasteiger partial charge in [-0.3, -0.25) is 9.59 Å². The van der Waals surface area contributed by atoms with Crippen LogP contribution in [0.3, 0.4) is 0 Å². The monoisotopic (exact) mass is 238 g/mol. The lowest BCUT2D eigenvalue weighted by molar-refractivity contribution is 0.700. The van der Waals surface area contributed by atoms with Gasteiger partial charge >= 0.3 is 11.1 Å². The van der Waals surface area contributed by atoms with Gasteiger partial charge in [0.25, 0.3) is 0 Å². The Bertz CT molecular complexity index is 625. The van der Waals surface area contributed by atoms with Crippen molar-refractivity contribution in [2.24, 2.45) is 7.05 Å². The highest BCUT2D eigenvalue weighted by Crippen LogP contribution is 2.14. The van der Waals surface area contributed by atoms with Gasteiger partial charge in [-0.05, 0) is 0 Å². The molecule has 0 amide bonds. The smallest absolute Gasteiger partial charge is 0.316 e. The quantitative estimate of drug-likeness (QED) is 0.724. The molecule has 0 atom stereocenters. The predicted molar refractivity (Wildman–Crippen MR) is 61.6 cm³/mol. The molecule has 2 heterocycles. The second-order valence-corrected chi connectivity index (χ2v) is 4.46. The Balaban J connectivity index is 2.40. The molecule has 0 fully saturated rings. The summed E-state index contributed by atoms with van der Waals surface area (Å²) in [4.78, 5) is 27.7. The Morgan fingerprint density at radius 3 is 2.75 bits per heavy atom. The van der Waals surface area contributed by atoms with Crippen LogP contribution in [0.25, 0.3) is 0 Å². The molecule has 0 radical (unpaired) electrons.